The van der Waals surface area contributed by atoms with Crippen LogP contribution in [0.4, 0.5) is 5.69 Å². The van der Waals surface area contributed by atoms with E-state index in [9.17, 15) is 21.6 Å². The van der Waals surface area contributed by atoms with Crippen molar-refractivity contribution in [3.63, 3.8) is 0 Å². The summed E-state index contributed by atoms with van der Waals surface area (Å²) in [5, 5.41) is 2.71. The van der Waals surface area contributed by atoms with Gasteiger partial charge in [-0.05, 0) is 81.1 Å². The molecule has 1 atom stereocenters. The molecular weight excluding hydrogens is 502 g/mol. The predicted molar refractivity (Wildman–Crippen MR) is 140 cm³/mol. The van der Waals surface area contributed by atoms with Crippen molar-refractivity contribution in [2.75, 3.05) is 36.8 Å². The van der Waals surface area contributed by atoms with E-state index in [1.165, 1.54) is 23.4 Å². The first kappa shape index (κ1) is 27.9. The number of nitrogens with zero attached hydrogens (tertiary/aromatic N) is 2. The molecule has 1 aliphatic heterocycles. The zero-order valence-electron chi connectivity index (χ0n) is 21.2. The maximum absolute atomic E-state index is 12.8. The molecule has 0 spiro atoms. The van der Waals surface area contributed by atoms with Crippen LogP contribution in [0.25, 0.3) is 0 Å². The highest BCUT2D eigenvalue weighted by Gasteiger charge is 2.29. The van der Waals surface area contributed by atoms with Gasteiger partial charge in [0.05, 0.1) is 23.4 Å². The van der Waals surface area contributed by atoms with E-state index in [1.807, 2.05) is 19.9 Å². The highest BCUT2D eigenvalue weighted by Crippen LogP contribution is 2.24. The molecule has 2 aromatic carbocycles. The van der Waals surface area contributed by atoms with Gasteiger partial charge in [-0.25, -0.2) is 16.8 Å². The quantitative estimate of drug-likeness (QED) is 0.467. The van der Waals surface area contributed by atoms with Crippen molar-refractivity contribution >= 4 is 31.6 Å². The minimum Gasteiger partial charge on any atom is -0.492 e. The van der Waals surface area contributed by atoms with Crippen LogP contribution in [0.1, 0.15) is 37.3 Å². The van der Waals surface area contributed by atoms with Crippen molar-refractivity contribution in [3.8, 4) is 5.75 Å². The monoisotopic (exact) mass is 537 g/mol. The van der Waals surface area contributed by atoms with Gasteiger partial charge in [-0.15, -0.1) is 0 Å². The Hall–Kier alpha value is -2.63. The van der Waals surface area contributed by atoms with Crippen molar-refractivity contribution in [2.24, 2.45) is 0 Å². The Morgan fingerprint density at radius 2 is 1.58 bits per heavy atom. The topological polar surface area (TPSA) is 113 Å². The van der Waals surface area contributed by atoms with Crippen molar-refractivity contribution in [1.82, 2.24) is 9.62 Å². The zero-order valence-corrected chi connectivity index (χ0v) is 22.9. The average molecular weight is 538 g/mol. The average Bonchev–Trinajstić information content (AvgIpc) is 2.81. The molecule has 9 nitrogen and oxygen atoms in total. The summed E-state index contributed by atoms with van der Waals surface area (Å²) in [7, 11) is -7.21. The van der Waals surface area contributed by atoms with Crippen molar-refractivity contribution in [3.05, 3.63) is 53.6 Å². The lowest BCUT2D eigenvalue weighted by Gasteiger charge is -2.28. The van der Waals surface area contributed by atoms with Gasteiger partial charge in [0.15, 0.2) is 0 Å². The van der Waals surface area contributed by atoms with Crippen LogP contribution in [0.15, 0.2) is 47.4 Å². The van der Waals surface area contributed by atoms with Gasteiger partial charge in [0.1, 0.15) is 18.4 Å². The summed E-state index contributed by atoms with van der Waals surface area (Å²) in [6.45, 7) is 6.65. The van der Waals surface area contributed by atoms with Gasteiger partial charge in [-0.3, -0.25) is 9.10 Å². The minimum absolute atomic E-state index is 0.138. The second-order valence-corrected chi connectivity index (χ2v) is 13.0. The third-order valence-corrected chi connectivity index (χ3v) is 9.15. The Morgan fingerprint density at radius 1 is 1.00 bits per heavy atom. The largest absolute Gasteiger partial charge is 0.492 e. The van der Waals surface area contributed by atoms with Crippen LogP contribution < -0.4 is 14.4 Å². The number of ether oxygens (including phenoxy) is 1. The van der Waals surface area contributed by atoms with Crippen molar-refractivity contribution in [2.45, 2.75) is 51.0 Å². The predicted octanol–water partition coefficient (Wildman–Crippen LogP) is 2.83. The van der Waals surface area contributed by atoms with E-state index >= 15 is 0 Å². The number of carbonyl (C=O) groups excluding carboxylic acids is 1. The highest BCUT2D eigenvalue weighted by atomic mass is 32.2. The number of carbonyl (C=O) groups is 1. The number of rotatable bonds is 10. The molecule has 0 aliphatic carbocycles. The van der Waals surface area contributed by atoms with Crippen LogP contribution in [0.3, 0.4) is 0 Å². The Labute approximate surface area is 214 Å². The Morgan fingerprint density at radius 3 is 2.14 bits per heavy atom. The molecule has 36 heavy (non-hydrogen) atoms. The summed E-state index contributed by atoms with van der Waals surface area (Å²) < 4.78 is 58.8. The van der Waals surface area contributed by atoms with Gasteiger partial charge >= 0.3 is 0 Å². The number of piperidine rings is 1. The molecule has 2 aromatic rings. The maximum Gasteiger partial charge on any atom is 0.243 e. The molecule has 1 saturated heterocycles. The Bertz CT molecular complexity index is 1250. The third kappa shape index (κ3) is 6.98. The number of benzene rings is 2. The molecule has 1 amide bonds. The summed E-state index contributed by atoms with van der Waals surface area (Å²) >= 11 is 0. The SMILES string of the molecule is Cc1cc(C)cc(N([C@H](C)C(=O)NCCOc2ccc(S(=O)(=O)N3CCCCC3)cc2)S(C)(=O)=O)c1. The third-order valence-electron chi connectivity index (χ3n) is 6.00. The maximum atomic E-state index is 12.8. The van der Waals surface area contributed by atoms with E-state index in [0.29, 0.717) is 24.5 Å². The van der Waals surface area contributed by atoms with E-state index in [0.717, 1.165) is 41.0 Å². The summed E-state index contributed by atoms with van der Waals surface area (Å²) in [6, 6.07) is 10.7. The van der Waals surface area contributed by atoms with Gasteiger partial charge in [0.2, 0.25) is 26.0 Å². The van der Waals surface area contributed by atoms with Gasteiger partial charge in [-0.2, -0.15) is 4.31 Å². The lowest BCUT2D eigenvalue weighted by molar-refractivity contribution is -0.121. The highest BCUT2D eigenvalue weighted by molar-refractivity contribution is 7.92. The number of sulfonamides is 2. The summed E-state index contributed by atoms with van der Waals surface area (Å²) in [5.74, 6) is 0.0223. The molecule has 3 rings (SSSR count). The van der Waals surface area contributed by atoms with E-state index in [-0.39, 0.29) is 18.0 Å². The van der Waals surface area contributed by atoms with E-state index in [1.54, 1.807) is 24.3 Å². The Kier molecular flexibility index (Phi) is 9.02. The first-order chi connectivity index (χ1) is 16.9. The number of nitrogens with one attached hydrogen (secondary N) is 1. The number of anilines is 1. The zero-order chi connectivity index (χ0) is 26.5. The van der Waals surface area contributed by atoms with Crippen LogP contribution in [0.5, 0.6) is 5.75 Å². The molecule has 1 N–H and O–H groups in total. The lowest BCUT2D eigenvalue weighted by Crippen LogP contribution is -2.48. The fourth-order valence-electron chi connectivity index (χ4n) is 4.34. The van der Waals surface area contributed by atoms with Crippen LogP contribution in [-0.4, -0.2) is 65.6 Å². The fourth-order valence-corrected chi connectivity index (χ4v) is 7.02. The fraction of sp³-hybridized carbons (Fsp3) is 0.480. The normalized spacial score (nSPS) is 15.8. The summed E-state index contributed by atoms with van der Waals surface area (Å²) in [6.07, 6.45) is 3.87. The van der Waals surface area contributed by atoms with E-state index in [2.05, 4.69) is 5.32 Å². The number of aryl methyl sites for hydroxylation is 2. The number of hydrogen-bond donors (Lipinski definition) is 1. The summed E-state index contributed by atoms with van der Waals surface area (Å²) in [5.41, 5.74) is 2.23. The lowest BCUT2D eigenvalue weighted by atomic mass is 10.1. The van der Waals surface area contributed by atoms with Gasteiger partial charge in [0, 0.05) is 13.1 Å². The second kappa shape index (κ2) is 11.6. The summed E-state index contributed by atoms with van der Waals surface area (Å²) in [4.78, 5) is 13.0. The molecule has 0 aromatic heterocycles. The van der Waals surface area contributed by atoms with E-state index in [4.69, 9.17) is 4.74 Å². The molecule has 0 bridgehead atoms. The first-order valence-corrected chi connectivity index (χ1v) is 15.3. The first-order valence-electron chi connectivity index (χ1n) is 12.0. The molecule has 198 valence electrons. The molecule has 1 heterocycles. The molecule has 0 unspecified atom stereocenters. The molecule has 0 radical (unpaired) electrons. The molecule has 0 saturated carbocycles. The van der Waals surface area contributed by atoms with Gasteiger partial charge in [0.25, 0.3) is 0 Å². The van der Waals surface area contributed by atoms with Crippen molar-refractivity contribution < 1.29 is 26.4 Å². The minimum atomic E-state index is -3.71. The molecule has 1 aliphatic rings. The van der Waals surface area contributed by atoms with Gasteiger partial charge in [-0.1, -0.05) is 12.5 Å². The Balaban J connectivity index is 1.56. The molecule has 1 fully saturated rings. The molecule has 11 heteroatoms. The number of amides is 1. The smallest absolute Gasteiger partial charge is 0.243 e. The van der Waals surface area contributed by atoms with Crippen LogP contribution in [0.2, 0.25) is 0 Å². The number of hydrogen-bond acceptors (Lipinski definition) is 6. The van der Waals surface area contributed by atoms with E-state index < -0.39 is 32.0 Å². The van der Waals surface area contributed by atoms with Gasteiger partial charge < -0.3 is 10.1 Å². The van der Waals surface area contributed by atoms with Crippen molar-refractivity contribution in [1.29, 1.82) is 0 Å². The standard InChI is InChI=1S/C25H35N3O6S2/c1-19-16-20(2)18-22(17-19)28(35(4,30)31)21(3)25(29)26-12-15-34-23-8-10-24(11-9-23)36(32,33)27-13-6-5-7-14-27/h8-11,16-18,21H,5-7,12-15H2,1-4H3,(H,26,29)/t21-/m1/s1. The van der Waals surface area contributed by atoms with Crippen LogP contribution in [-0.2, 0) is 24.8 Å². The van der Waals surface area contributed by atoms with Crippen LogP contribution >= 0.6 is 0 Å². The molecular formula is C25H35N3O6S2. The van der Waals surface area contributed by atoms with Crippen LogP contribution in [0, 0.1) is 13.8 Å². The second-order valence-electron chi connectivity index (χ2n) is 9.16.